The first-order chi connectivity index (χ1) is 10.1. The predicted molar refractivity (Wildman–Crippen MR) is 81.1 cm³/mol. The maximum Gasteiger partial charge on any atom is 0.242 e. The van der Waals surface area contributed by atoms with E-state index in [0.717, 1.165) is 12.8 Å². The van der Waals surface area contributed by atoms with Gasteiger partial charge in [0, 0.05) is 17.8 Å². The molecule has 21 heavy (non-hydrogen) atoms. The minimum Gasteiger partial charge on any atom is -0.494 e. The zero-order valence-corrected chi connectivity index (χ0v) is 12.6. The summed E-state index contributed by atoms with van der Waals surface area (Å²) in [5.74, 6) is -0.291. The number of nitrogens with one attached hydrogen (secondary N) is 2. The second-order valence-electron chi connectivity index (χ2n) is 5.56. The van der Waals surface area contributed by atoms with Gasteiger partial charge < -0.3 is 15.4 Å². The van der Waals surface area contributed by atoms with Crippen molar-refractivity contribution in [1.82, 2.24) is 5.32 Å². The number of hydrogen-bond donors (Lipinski definition) is 2. The number of carbonyl (C=O) groups excluding carboxylic acids is 1. The van der Waals surface area contributed by atoms with Gasteiger partial charge in [-0.1, -0.05) is 19.3 Å². The summed E-state index contributed by atoms with van der Waals surface area (Å²) in [6, 6.07) is 4.46. The Labute approximate surface area is 125 Å². The highest BCUT2D eigenvalue weighted by molar-refractivity contribution is 5.84. The van der Waals surface area contributed by atoms with Crippen LogP contribution in [0.15, 0.2) is 18.2 Å². The normalized spacial score (nSPS) is 17.1. The number of halogens is 1. The molecule has 0 aliphatic heterocycles. The van der Waals surface area contributed by atoms with Crippen LogP contribution in [0.25, 0.3) is 0 Å². The SMILES string of the molecule is COc1ccc(NC(C)C(=O)NC2CCCCC2)cc1F. The first-order valence-electron chi connectivity index (χ1n) is 7.50. The summed E-state index contributed by atoms with van der Waals surface area (Å²) in [5.41, 5.74) is 0.569. The smallest absolute Gasteiger partial charge is 0.242 e. The molecule has 1 aromatic carbocycles. The van der Waals surface area contributed by atoms with Crippen molar-refractivity contribution in [1.29, 1.82) is 0 Å². The second-order valence-corrected chi connectivity index (χ2v) is 5.56. The molecule has 0 saturated heterocycles. The lowest BCUT2D eigenvalue weighted by Crippen LogP contribution is -2.44. The minimum atomic E-state index is -0.442. The Hall–Kier alpha value is -1.78. The number of amides is 1. The number of methoxy groups -OCH3 is 1. The molecule has 0 heterocycles. The number of rotatable bonds is 5. The summed E-state index contributed by atoms with van der Waals surface area (Å²) in [7, 11) is 1.42. The molecule has 0 radical (unpaired) electrons. The van der Waals surface area contributed by atoms with Gasteiger partial charge in [-0.25, -0.2) is 4.39 Å². The van der Waals surface area contributed by atoms with E-state index in [4.69, 9.17) is 4.74 Å². The molecule has 1 atom stereocenters. The summed E-state index contributed by atoms with van der Waals surface area (Å²) in [4.78, 5) is 12.1. The summed E-state index contributed by atoms with van der Waals surface area (Å²) in [6.07, 6.45) is 5.71. The average Bonchev–Trinajstić information content (AvgIpc) is 2.48. The zero-order valence-electron chi connectivity index (χ0n) is 12.6. The average molecular weight is 294 g/mol. The molecule has 4 nitrogen and oxygen atoms in total. The summed E-state index contributed by atoms with van der Waals surface area (Å²) >= 11 is 0. The van der Waals surface area contributed by atoms with E-state index in [2.05, 4.69) is 10.6 Å². The van der Waals surface area contributed by atoms with E-state index >= 15 is 0 Å². The predicted octanol–water partition coefficient (Wildman–Crippen LogP) is 3.08. The van der Waals surface area contributed by atoms with E-state index in [9.17, 15) is 9.18 Å². The van der Waals surface area contributed by atoms with E-state index < -0.39 is 11.9 Å². The highest BCUT2D eigenvalue weighted by atomic mass is 19.1. The third-order valence-electron chi connectivity index (χ3n) is 3.88. The van der Waals surface area contributed by atoms with E-state index in [0.29, 0.717) is 5.69 Å². The van der Waals surface area contributed by atoms with E-state index in [1.54, 1.807) is 19.1 Å². The molecule has 1 aromatic rings. The fourth-order valence-corrected chi connectivity index (χ4v) is 2.64. The topological polar surface area (TPSA) is 50.4 Å². The standard InChI is InChI=1S/C16H23FN2O2/c1-11(16(20)19-12-6-4-3-5-7-12)18-13-8-9-15(21-2)14(17)10-13/h8-12,18H,3-7H2,1-2H3,(H,19,20). The van der Waals surface area contributed by atoms with Crippen LogP contribution in [0.3, 0.4) is 0 Å². The fraction of sp³-hybridized carbons (Fsp3) is 0.562. The van der Waals surface area contributed by atoms with Crippen molar-refractivity contribution in [2.75, 3.05) is 12.4 Å². The van der Waals surface area contributed by atoms with Gasteiger partial charge >= 0.3 is 0 Å². The molecule has 1 amide bonds. The van der Waals surface area contributed by atoms with Crippen LogP contribution < -0.4 is 15.4 Å². The molecule has 116 valence electrons. The van der Waals surface area contributed by atoms with Gasteiger partial charge in [-0.05, 0) is 31.9 Å². The van der Waals surface area contributed by atoms with E-state index in [-0.39, 0.29) is 17.7 Å². The van der Waals surface area contributed by atoms with Gasteiger partial charge in [0.15, 0.2) is 11.6 Å². The monoisotopic (exact) mass is 294 g/mol. The molecule has 0 bridgehead atoms. The van der Waals surface area contributed by atoms with Crippen molar-refractivity contribution in [2.24, 2.45) is 0 Å². The van der Waals surface area contributed by atoms with Gasteiger partial charge in [-0.3, -0.25) is 4.79 Å². The fourth-order valence-electron chi connectivity index (χ4n) is 2.64. The van der Waals surface area contributed by atoms with Crippen LogP contribution in [0, 0.1) is 5.82 Å². The molecular weight excluding hydrogens is 271 g/mol. The van der Waals surface area contributed by atoms with Crippen LogP contribution in [0.2, 0.25) is 0 Å². The Kier molecular flexibility index (Phi) is 5.42. The summed E-state index contributed by atoms with van der Waals surface area (Å²) in [5, 5.41) is 6.07. The second kappa shape index (κ2) is 7.29. The molecule has 1 saturated carbocycles. The van der Waals surface area contributed by atoms with Crippen molar-refractivity contribution in [2.45, 2.75) is 51.1 Å². The number of anilines is 1. The molecule has 1 aliphatic carbocycles. The van der Waals surface area contributed by atoms with Gasteiger partial charge in [-0.15, -0.1) is 0 Å². The quantitative estimate of drug-likeness (QED) is 0.877. The highest BCUT2D eigenvalue weighted by Crippen LogP contribution is 2.21. The van der Waals surface area contributed by atoms with E-state index in [1.807, 2.05) is 0 Å². The van der Waals surface area contributed by atoms with Gasteiger partial charge in [0.1, 0.15) is 6.04 Å². The van der Waals surface area contributed by atoms with Crippen molar-refractivity contribution < 1.29 is 13.9 Å². The first-order valence-corrected chi connectivity index (χ1v) is 7.50. The number of ether oxygens (including phenoxy) is 1. The summed E-state index contributed by atoms with van der Waals surface area (Å²) < 4.78 is 18.5. The van der Waals surface area contributed by atoms with E-state index in [1.165, 1.54) is 32.4 Å². The van der Waals surface area contributed by atoms with Crippen LogP contribution in [0.4, 0.5) is 10.1 Å². The lowest BCUT2D eigenvalue weighted by Gasteiger charge is -2.25. The maximum absolute atomic E-state index is 13.6. The molecule has 2 rings (SSSR count). The number of benzene rings is 1. The third kappa shape index (κ3) is 4.34. The maximum atomic E-state index is 13.6. The molecule has 0 spiro atoms. The number of hydrogen-bond acceptors (Lipinski definition) is 3. The van der Waals surface area contributed by atoms with Crippen molar-refractivity contribution in [3.8, 4) is 5.75 Å². The molecular formula is C16H23FN2O2. The van der Waals surface area contributed by atoms with Gasteiger partial charge in [0.25, 0.3) is 0 Å². The van der Waals surface area contributed by atoms with Crippen LogP contribution in [-0.2, 0) is 4.79 Å². The Morgan fingerprint density at radius 1 is 1.33 bits per heavy atom. The molecule has 1 aliphatic rings. The van der Waals surface area contributed by atoms with Crippen molar-refractivity contribution in [3.05, 3.63) is 24.0 Å². The summed E-state index contributed by atoms with van der Waals surface area (Å²) in [6.45, 7) is 1.78. The molecule has 1 unspecified atom stereocenters. The van der Waals surface area contributed by atoms with Gasteiger partial charge in [0.2, 0.25) is 5.91 Å². The van der Waals surface area contributed by atoms with Gasteiger partial charge in [-0.2, -0.15) is 0 Å². The largest absolute Gasteiger partial charge is 0.494 e. The highest BCUT2D eigenvalue weighted by Gasteiger charge is 2.19. The van der Waals surface area contributed by atoms with Crippen LogP contribution in [-0.4, -0.2) is 25.1 Å². The van der Waals surface area contributed by atoms with Gasteiger partial charge in [0.05, 0.1) is 7.11 Å². The molecule has 1 fully saturated rings. The molecule has 0 aromatic heterocycles. The first kappa shape index (κ1) is 15.6. The molecule has 2 N–H and O–H groups in total. The van der Waals surface area contributed by atoms with Crippen LogP contribution >= 0.6 is 0 Å². The molecule has 5 heteroatoms. The lowest BCUT2D eigenvalue weighted by atomic mass is 9.95. The zero-order chi connectivity index (χ0) is 15.2. The Morgan fingerprint density at radius 3 is 2.67 bits per heavy atom. The Balaban J connectivity index is 1.89. The Morgan fingerprint density at radius 2 is 2.05 bits per heavy atom. The van der Waals surface area contributed by atoms with Crippen LogP contribution in [0.5, 0.6) is 5.75 Å². The van der Waals surface area contributed by atoms with Crippen molar-refractivity contribution in [3.63, 3.8) is 0 Å². The number of carbonyl (C=O) groups is 1. The third-order valence-corrected chi connectivity index (χ3v) is 3.88. The minimum absolute atomic E-state index is 0.0434. The lowest BCUT2D eigenvalue weighted by molar-refractivity contribution is -0.122. The Bertz CT molecular complexity index is 487. The van der Waals surface area contributed by atoms with Crippen LogP contribution in [0.1, 0.15) is 39.0 Å². The van der Waals surface area contributed by atoms with Crippen molar-refractivity contribution >= 4 is 11.6 Å².